The third kappa shape index (κ3) is 6.91. The van der Waals surface area contributed by atoms with E-state index in [0.29, 0.717) is 11.3 Å². The molecule has 8 nitrogen and oxygen atoms in total. The SMILES string of the molecule is CCOC(=O)NC(=O)CC(=O)Nc1ccc(C(=O)OCc2ccccc2)cc1. The van der Waals surface area contributed by atoms with Crippen LogP contribution in [0.4, 0.5) is 10.5 Å². The number of rotatable bonds is 7. The van der Waals surface area contributed by atoms with Gasteiger partial charge in [-0.05, 0) is 36.8 Å². The Morgan fingerprint density at radius 1 is 0.857 bits per heavy atom. The summed E-state index contributed by atoms with van der Waals surface area (Å²) in [5.41, 5.74) is 1.60. The van der Waals surface area contributed by atoms with Crippen molar-refractivity contribution in [3.8, 4) is 0 Å². The summed E-state index contributed by atoms with van der Waals surface area (Å²) in [5.74, 6) is -1.88. The number of hydrogen-bond donors (Lipinski definition) is 2. The van der Waals surface area contributed by atoms with Crippen LogP contribution < -0.4 is 10.6 Å². The van der Waals surface area contributed by atoms with E-state index in [9.17, 15) is 19.2 Å². The van der Waals surface area contributed by atoms with Gasteiger partial charge in [0.1, 0.15) is 13.0 Å². The highest BCUT2D eigenvalue weighted by Gasteiger charge is 2.14. The van der Waals surface area contributed by atoms with E-state index in [1.807, 2.05) is 35.6 Å². The first-order chi connectivity index (χ1) is 13.5. The first-order valence-electron chi connectivity index (χ1n) is 8.55. The highest BCUT2D eigenvalue weighted by atomic mass is 16.5. The zero-order valence-corrected chi connectivity index (χ0v) is 15.3. The Balaban J connectivity index is 1.81. The van der Waals surface area contributed by atoms with Crippen LogP contribution in [0.2, 0.25) is 0 Å². The minimum Gasteiger partial charge on any atom is -0.457 e. The third-order valence-electron chi connectivity index (χ3n) is 3.46. The summed E-state index contributed by atoms with van der Waals surface area (Å²) >= 11 is 0. The largest absolute Gasteiger partial charge is 0.457 e. The highest BCUT2D eigenvalue weighted by Crippen LogP contribution is 2.12. The van der Waals surface area contributed by atoms with Gasteiger partial charge in [0.2, 0.25) is 11.8 Å². The molecular weight excluding hydrogens is 364 g/mol. The van der Waals surface area contributed by atoms with Gasteiger partial charge in [-0.2, -0.15) is 0 Å². The fraction of sp³-hybridized carbons (Fsp3) is 0.200. The molecule has 0 unspecified atom stereocenters. The summed E-state index contributed by atoms with van der Waals surface area (Å²) in [5, 5.41) is 4.43. The van der Waals surface area contributed by atoms with Crippen molar-refractivity contribution < 1.29 is 28.7 Å². The number of alkyl carbamates (subject to hydrolysis) is 1. The molecule has 146 valence electrons. The fourth-order valence-corrected chi connectivity index (χ4v) is 2.17. The molecule has 0 saturated heterocycles. The Morgan fingerprint density at radius 2 is 1.54 bits per heavy atom. The molecule has 0 fully saturated rings. The average molecular weight is 384 g/mol. The second-order valence-electron chi connectivity index (χ2n) is 5.63. The van der Waals surface area contributed by atoms with Crippen LogP contribution >= 0.6 is 0 Å². The Kier molecular flexibility index (Phi) is 7.71. The summed E-state index contributed by atoms with van der Waals surface area (Å²) in [6.45, 7) is 1.87. The predicted octanol–water partition coefficient (Wildman–Crippen LogP) is 2.64. The van der Waals surface area contributed by atoms with E-state index in [4.69, 9.17) is 4.74 Å². The second kappa shape index (κ2) is 10.5. The topological polar surface area (TPSA) is 111 Å². The van der Waals surface area contributed by atoms with Crippen molar-refractivity contribution in [2.24, 2.45) is 0 Å². The van der Waals surface area contributed by atoms with Gasteiger partial charge in [0.15, 0.2) is 0 Å². The number of esters is 1. The van der Waals surface area contributed by atoms with E-state index in [0.717, 1.165) is 5.56 Å². The van der Waals surface area contributed by atoms with E-state index >= 15 is 0 Å². The Bertz CT molecular complexity index is 834. The summed E-state index contributed by atoms with van der Waals surface area (Å²) in [4.78, 5) is 46.5. The fourth-order valence-electron chi connectivity index (χ4n) is 2.17. The Hall–Kier alpha value is -3.68. The number of nitrogens with one attached hydrogen (secondary N) is 2. The average Bonchev–Trinajstić information content (AvgIpc) is 2.67. The number of amides is 3. The van der Waals surface area contributed by atoms with Crippen LogP contribution in [0.25, 0.3) is 0 Å². The number of hydrogen-bond acceptors (Lipinski definition) is 6. The number of benzene rings is 2. The number of carbonyl (C=O) groups is 4. The molecule has 0 saturated carbocycles. The number of anilines is 1. The standard InChI is InChI=1S/C20H20N2O6/c1-2-27-20(26)22-18(24)12-17(23)21-16-10-8-15(9-11-16)19(25)28-13-14-6-4-3-5-7-14/h3-11H,2,12-13H2,1H3,(H,21,23)(H,22,24,26). The molecule has 0 spiro atoms. The highest BCUT2D eigenvalue weighted by molar-refractivity contribution is 6.07. The predicted molar refractivity (Wildman–Crippen MR) is 100 cm³/mol. The summed E-state index contributed by atoms with van der Waals surface area (Å²) in [6, 6.07) is 15.3. The van der Waals surface area contributed by atoms with Gasteiger partial charge in [-0.1, -0.05) is 30.3 Å². The molecule has 2 aromatic rings. The molecule has 0 bridgehead atoms. The van der Waals surface area contributed by atoms with E-state index in [2.05, 4.69) is 10.1 Å². The summed E-state index contributed by atoms with van der Waals surface area (Å²) < 4.78 is 9.77. The van der Waals surface area contributed by atoms with Gasteiger partial charge < -0.3 is 14.8 Å². The molecule has 3 amide bonds. The minimum atomic E-state index is -0.904. The lowest BCUT2D eigenvalue weighted by Crippen LogP contribution is -2.33. The van der Waals surface area contributed by atoms with Crippen LogP contribution in [-0.4, -0.2) is 30.5 Å². The molecule has 0 aliphatic rings. The molecule has 2 rings (SSSR count). The first-order valence-corrected chi connectivity index (χ1v) is 8.55. The van der Waals surface area contributed by atoms with Gasteiger partial charge in [-0.25, -0.2) is 9.59 Å². The molecule has 0 heterocycles. The molecule has 2 N–H and O–H groups in total. The molecule has 28 heavy (non-hydrogen) atoms. The van der Waals surface area contributed by atoms with Crippen LogP contribution in [0.5, 0.6) is 0 Å². The van der Waals surface area contributed by atoms with Gasteiger partial charge >= 0.3 is 12.1 Å². The number of imide groups is 1. The molecule has 0 aliphatic carbocycles. The smallest absolute Gasteiger partial charge is 0.413 e. The van der Waals surface area contributed by atoms with Crippen molar-refractivity contribution in [1.82, 2.24) is 5.32 Å². The van der Waals surface area contributed by atoms with Crippen molar-refractivity contribution in [2.45, 2.75) is 20.0 Å². The maximum absolute atomic E-state index is 12.0. The van der Waals surface area contributed by atoms with Crippen molar-refractivity contribution >= 4 is 29.6 Å². The minimum absolute atomic E-state index is 0.117. The zero-order chi connectivity index (χ0) is 20.4. The van der Waals surface area contributed by atoms with Gasteiger partial charge in [-0.15, -0.1) is 0 Å². The van der Waals surface area contributed by atoms with Crippen LogP contribution in [0, 0.1) is 0 Å². The second-order valence-corrected chi connectivity index (χ2v) is 5.63. The monoisotopic (exact) mass is 384 g/mol. The molecule has 2 aromatic carbocycles. The van der Waals surface area contributed by atoms with E-state index < -0.39 is 30.3 Å². The lowest BCUT2D eigenvalue weighted by atomic mass is 10.2. The van der Waals surface area contributed by atoms with E-state index in [1.54, 1.807) is 6.92 Å². The van der Waals surface area contributed by atoms with E-state index in [1.165, 1.54) is 24.3 Å². The van der Waals surface area contributed by atoms with Gasteiger partial charge in [0, 0.05) is 5.69 Å². The van der Waals surface area contributed by atoms with Gasteiger partial charge in [0.05, 0.1) is 12.2 Å². The van der Waals surface area contributed by atoms with Crippen LogP contribution in [0.3, 0.4) is 0 Å². The Morgan fingerprint density at radius 3 is 2.18 bits per heavy atom. The van der Waals surface area contributed by atoms with Crippen molar-refractivity contribution in [1.29, 1.82) is 0 Å². The van der Waals surface area contributed by atoms with Gasteiger partial charge in [-0.3, -0.25) is 14.9 Å². The van der Waals surface area contributed by atoms with Crippen LogP contribution in [-0.2, 0) is 25.7 Å². The zero-order valence-electron chi connectivity index (χ0n) is 15.3. The molecule has 0 aromatic heterocycles. The Labute approximate surface area is 161 Å². The molecule has 0 radical (unpaired) electrons. The molecule has 8 heteroatoms. The van der Waals surface area contributed by atoms with Crippen molar-refractivity contribution in [3.05, 3.63) is 65.7 Å². The first kappa shape index (κ1) is 20.6. The van der Waals surface area contributed by atoms with Crippen LogP contribution in [0.1, 0.15) is 29.3 Å². The number of carbonyl (C=O) groups excluding carboxylic acids is 4. The quantitative estimate of drug-likeness (QED) is 0.561. The van der Waals surface area contributed by atoms with E-state index in [-0.39, 0.29) is 13.2 Å². The number of ether oxygens (including phenoxy) is 2. The maximum atomic E-state index is 12.0. The lowest BCUT2D eigenvalue weighted by Gasteiger charge is -2.08. The van der Waals surface area contributed by atoms with Gasteiger partial charge in [0.25, 0.3) is 0 Å². The third-order valence-corrected chi connectivity index (χ3v) is 3.46. The van der Waals surface area contributed by atoms with Crippen molar-refractivity contribution in [3.63, 3.8) is 0 Å². The maximum Gasteiger partial charge on any atom is 0.413 e. The van der Waals surface area contributed by atoms with Crippen LogP contribution in [0.15, 0.2) is 54.6 Å². The summed E-state index contributed by atoms with van der Waals surface area (Å²) in [6.07, 6.45) is -1.45. The summed E-state index contributed by atoms with van der Waals surface area (Å²) in [7, 11) is 0. The van der Waals surface area contributed by atoms with Crippen molar-refractivity contribution in [2.75, 3.05) is 11.9 Å². The molecular formula is C20H20N2O6. The normalized spacial score (nSPS) is 9.89. The molecule has 0 aliphatic heterocycles. The molecule has 0 atom stereocenters. The lowest BCUT2D eigenvalue weighted by molar-refractivity contribution is -0.126.